The van der Waals surface area contributed by atoms with E-state index >= 15 is 0 Å². The first-order chi connectivity index (χ1) is 13.6. The average molecular weight is 413 g/mol. The predicted molar refractivity (Wildman–Crippen MR) is 101 cm³/mol. The third-order valence-corrected chi connectivity index (χ3v) is 5.06. The highest BCUT2D eigenvalue weighted by molar-refractivity contribution is 5.91. The van der Waals surface area contributed by atoms with Gasteiger partial charge >= 0.3 is 6.18 Å². The summed E-state index contributed by atoms with van der Waals surface area (Å²) in [6.45, 7) is 4.86. The predicted octanol–water partition coefficient (Wildman–Crippen LogP) is 2.38. The van der Waals surface area contributed by atoms with Crippen molar-refractivity contribution in [3.8, 4) is 0 Å². The minimum atomic E-state index is -4.45. The fraction of sp³-hybridized carbons (Fsp3) is 0.550. The minimum absolute atomic E-state index is 0.00856. The molecule has 1 aliphatic heterocycles. The Labute approximate surface area is 168 Å². The zero-order valence-electron chi connectivity index (χ0n) is 16.8. The molecule has 160 valence electrons. The van der Waals surface area contributed by atoms with Gasteiger partial charge in [0.15, 0.2) is 0 Å². The number of likely N-dealkylation sites (N-methyl/N-ethyl adjacent to an activating group) is 2. The quantitative estimate of drug-likeness (QED) is 0.690. The van der Waals surface area contributed by atoms with Crippen LogP contribution in [0.2, 0.25) is 0 Å². The average Bonchev–Trinajstić information content (AvgIpc) is 3.02. The summed E-state index contributed by atoms with van der Waals surface area (Å²) in [6.07, 6.45) is -4.47. The van der Waals surface area contributed by atoms with Crippen LogP contribution in [0, 0.1) is 5.92 Å². The van der Waals surface area contributed by atoms with Crippen LogP contribution in [0.4, 0.5) is 13.2 Å². The number of hydrogen-bond acceptors (Lipinski definition) is 3. The first kappa shape index (κ1) is 22.7. The Bertz CT molecular complexity index is 763. The smallest absolute Gasteiger partial charge is 0.342 e. The number of carbonyl (C=O) groups is 3. The minimum Gasteiger partial charge on any atom is -0.342 e. The Morgan fingerprint density at radius 3 is 2.45 bits per heavy atom. The molecule has 1 saturated heterocycles. The molecule has 1 heterocycles. The van der Waals surface area contributed by atoms with Crippen LogP contribution in [0.5, 0.6) is 0 Å². The Morgan fingerprint density at radius 2 is 1.86 bits per heavy atom. The summed E-state index contributed by atoms with van der Waals surface area (Å²) in [5.41, 5.74) is -0.421. The summed E-state index contributed by atoms with van der Waals surface area (Å²) in [6, 6.07) is 4.81. The van der Waals surface area contributed by atoms with Crippen molar-refractivity contribution in [3.05, 3.63) is 35.4 Å². The van der Waals surface area contributed by atoms with Crippen LogP contribution >= 0.6 is 0 Å². The van der Waals surface area contributed by atoms with Crippen molar-refractivity contribution < 1.29 is 27.6 Å². The molecule has 0 radical (unpaired) electrons. The second-order valence-electron chi connectivity index (χ2n) is 7.13. The molecule has 0 unspecified atom stereocenters. The maximum absolute atomic E-state index is 12.9. The van der Waals surface area contributed by atoms with E-state index < -0.39 is 17.7 Å². The normalized spacial score (nSPS) is 16.8. The van der Waals surface area contributed by atoms with Gasteiger partial charge in [0, 0.05) is 39.6 Å². The third kappa shape index (κ3) is 5.71. The van der Waals surface area contributed by atoms with Gasteiger partial charge in [0.25, 0.3) is 0 Å². The van der Waals surface area contributed by atoms with Crippen molar-refractivity contribution in [2.45, 2.75) is 33.0 Å². The summed E-state index contributed by atoms with van der Waals surface area (Å²) in [7, 11) is 1.52. The summed E-state index contributed by atoms with van der Waals surface area (Å²) in [4.78, 5) is 41.4. The Hall–Kier alpha value is -2.58. The molecule has 1 atom stereocenters. The van der Waals surface area contributed by atoms with Crippen LogP contribution in [-0.4, -0.2) is 65.6 Å². The van der Waals surface area contributed by atoms with Crippen molar-refractivity contribution >= 4 is 17.7 Å². The maximum atomic E-state index is 12.9. The summed E-state index contributed by atoms with van der Waals surface area (Å²) >= 11 is 0. The Morgan fingerprint density at radius 1 is 1.21 bits per heavy atom. The first-order valence-corrected chi connectivity index (χ1v) is 9.53. The number of hydrogen-bond donors (Lipinski definition) is 0. The van der Waals surface area contributed by atoms with Crippen molar-refractivity contribution in [1.82, 2.24) is 14.7 Å². The zero-order valence-corrected chi connectivity index (χ0v) is 16.8. The second-order valence-corrected chi connectivity index (χ2v) is 7.13. The molecule has 0 bridgehead atoms. The number of carbonyl (C=O) groups excluding carboxylic acids is 3. The topological polar surface area (TPSA) is 60.9 Å². The van der Waals surface area contributed by atoms with E-state index in [0.29, 0.717) is 18.7 Å². The van der Waals surface area contributed by atoms with Crippen LogP contribution in [0.15, 0.2) is 24.3 Å². The molecular weight excluding hydrogens is 387 g/mol. The zero-order chi connectivity index (χ0) is 21.8. The van der Waals surface area contributed by atoms with Gasteiger partial charge in [0.2, 0.25) is 17.7 Å². The lowest BCUT2D eigenvalue weighted by molar-refractivity contribution is -0.141. The molecule has 0 aromatic heterocycles. The molecule has 6 nitrogen and oxygen atoms in total. The fourth-order valence-electron chi connectivity index (χ4n) is 3.43. The molecule has 1 aromatic rings. The SMILES string of the molecule is CCN(CC)C(=O)CN(C)C(=O)[C@@H]1CC(=O)N(Cc2cccc(C(F)(F)F)c2)C1. The molecule has 0 spiro atoms. The van der Waals surface area contributed by atoms with Crippen LogP contribution < -0.4 is 0 Å². The van der Waals surface area contributed by atoms with E-state index in [1.165, 1.54) is 29.0 Å². The highest BCUT2D eigenvalue weighted by Gasteiger charge is 2.36. The number of rotatable bonds is 7. The van der Waals surface area contributed by atoms with Gasteiger partial charge in [0.1, 0.15) is 0 Å². The van der Waals surface area contributed by atoms with E-state index in [-0.39, 0.29) is 43.8 Å². The van der Waals surface area contributed by atoms with Crippen LogP contribution in [0.25, 0.3) is 0 Å². The molecule has 0 aliphatic carbocycles. The van der Waals surface area contributed by atoms with Gasteiger partial charge in [-0.05, 0) is 31.5 Å². The Kier molecular flexibility index (Phi) is 7.26. The number of amides is 3. The molecule has 1 aliphatic rings. The second kappa shape index (κ2) is 9.28. The lowest BCUT2D eigenvalue weighted by Crippen LogP contribution is -2.43. The largest absolute Gasteiger partial charge is 0.416 e. The molecule has 1 fully saturated rings. The van der Waals surface area contributed by atoms with Gasteiger partial charge in [0.05, 0.1) is 18.0 Å². The van der Waals surface area contributed by atoms with Crippen molar-refractivity contribution in [3.63, 3.8) is 0 Å². The van der Waals surface area contributed by atoms with Gasteiger partial charge in [-0.3, -0.25) is 14.4 Å². The third-order valence-electron chi connectivity index (χ3n) is 5.06. The van der Waals surface area contributed by atoms with E-state index in [2.05, 4.69) is 0 Å². The lowest BCUT2D eigenvalue weighted by Gasteiger charge is -2.25. The van der Waals surface area contributed by atoms with Crippen LogP contribution in [-0.2, 0) is 27.1 Å². The van der Waals surface area contributed by atoms with Gasteiger partial charge in [-0.1, -0.05) is 12.1 Å². The van der Waals surface area contributed by atoms with Crippen LogP contribution in [0.1, 0.15) is 31.4 Å². The number of nitrogens with zero attached hydrogens (tertiary/aromatic N) is 3. The van der Waals surface area contributed by atoms with E-state index in [1.54, 1.807) is 4.90 Å². The summed E-state index contributed by atoms with van der Waals surface area (Å²) < 4.78 is 38.6. The van der Waals surface area contributed by atoms with E-state index in [9.17, 15) is 27.6 Å². The number of alkyl halides is 3. The number of likely N-dealkylation sites (tertiary alicyclic amines) is 1. The molecule has 29 heavy (non-hydrogen) atoms. The number of benzene rings is 1. The highest BCUT2D eigenvalue weighted by atomic mass is 19.4. The van der Waals surface area contributed by atoms with Gasteiger partial charge < -0.3 is 14.7 Å². The lowest BCUT2D eigenvalue weighted by atomic mass is 10.1. The van der Waals surface area contributed by atoms with E-state index in [4.69, 9.17) is 0 Å². The monoisotopic (exact) mass is 413 g/mol. The van der Waals surface area contributed by atoms with Crippen molar-refractivity contribution in [1.29, 1.82) is 0 Å². The maximum Gasteiger partial charge on any atom is 0.416 e. The van der Waals surface area contributed by atoms with Crippen molar-refractivity contribution in [2.75, 3.05) is 33.2 Å². The van der Waals surface area contributed by atoms with E-state index in [1.807, 2.05) is 13.8 Å². The van der Waals surface area contributed by atoms with Crippen LogP contribution in [0.3, 0.4) is 0 Å². The molecule has 0 N–H and O–H groups in total. The molecule has 3 amide bonds. The number of halogens is 3. The standard InChI is InChI=1S/C20H26F3N3O3/c1-4-25(5-2)18(28)13-24(3)19(29)15-10-17(27)26(12-15)11-14-7-6-8-16(9-14)20(21,22)23/h6-9,15H,4-5,10-13H2,1-3H3/t15-/m1/s1. The summed E-state index contributed by atoms with van der Waals surface area (Å²) in [5, 5.41) is 0. The Balaban J connectivity index is 1.99. The highest BCUT2D eigenvalue weighted by Crippen LogP contribution is 2.30. The molecule has 9 heteroatoms. The van der Waals surface area contributed by atoms with Gasteiger partial charge in [-0.25, -0.2) is 0 Å². The molecule has 1 aromatic carbocycles. The molecular formula is C20H26F3N3O3. The molecule has 0 saturated carbocycles. The first-order valence-electron chi connectivity index (χ1n) is 9.53. The van der Waals surface area contributed by atoms with Gasteiger partial charge in [-0.2, -0.15) is 13.2 Å². The van der Waals surface area contributed by atoms with Crippen molar-refractivity contribution in [2.24, 2.45) is 5.92 Å². The van der Waals surface area contributed by atoms with Gasteiger partial charge in [-0.15, -0.1) is 0 Å². The summed E-state index contributed by atoms with van der Waals surface area (Å²) in [5.74, 6) is -1.38. The van der Waals surface area contributed by atoms with E-state index in [0.717, 1.165) is 12.1 Å². The fourth-order valence-corrected chi connectivity index (χ4v) is 3.43. The molecule has 2 rings (SSSR count).